The summed E-state index contributed by atoms with van der Waals surface area (Å²) < 4.78 is 35.3. The molecule has 0 aliphatic carbocycles. The van der Waals surface area contributed by atoms with Crippen molar-refractivity contribution in [3.8, 4) is 0 Å². The lowest BCUT2D eigenvalue weighted by molar-refractivity contribution is -0.206. The van der Waals surface area contributed by atoms with Crippen LogP contribution >= 0.6 is 0 Å². The number of halogens is 3. The summed E-state index contributed by atoms with van der Waals surface area (Å²) in [6.07, 6.45) is -6.83. The molecule has 0 saturated heterocycles. The molecule has 0 aliphatic rings. The van der Waals surface area contributed by atoms with Crippen LogP contribution in [0.15, 0.2) is 0 Å². The minimum Gasteiger partial charge on any atom is -0.393 e. The van der Waals surface area contributed by atoms with Gasteiger partial charge in [0.25, 0.3) is 0 Å². The van der Waals surface area contributed by atoms with Gasteiger partial charge in [-0.2, -0.15) is 13.2 Å². The highest BCUT2D eigenvalue weighted by atomic mass is 19.4. The van der Waals surface area contributed by atoms with Gasteiger partial charge < -0.3 is 10.2 Å². The van der Waals surface area contributed by atoms with Crippen LogP contribution in [0, 0.1) is 0 Å². The molecule has 0 fully saturated rings. The Kier molecular flexibility index (Phi) is 5.32. The summed E-state index contributed by atoms with van der Waals surface area (Å²) in [5, 5.41) is 17.7. The van der Waals surface area contributed by atoms with Crippen molar-refractivity contribution in [1.82, 2.24) is 0 Å². The van der Waals surface area contributed by atoms with Crippen molar-refractivity contribution in [2.24, 2.45) is 0 Å². The molecule has 0 heterocycles. The van der Waals surface area contributed by atoms with Gasteiger partial charge in [-0.15, -0.1) is 0 Å². The Labute approximate surface area is 75.4 Å². The average molecular weight is 200 g/mol. The summed E-state index contributed by atoms with van der Waals surface area (Å²) in [5.41, 5.74) is 0. The van der Waals surface area contributed by atoms with Crippen LogP contribution in [0.25, 0.3) is 0 Å². The van der Waals surface area contributed by atoms with Gasteiger partial charge >= 0.3 is 6.18 Å². The van der Waals surface area contributed by atoms with Crippen LogP contribution < -0.4 is 0 Å². The Balaban J connectivity index is 3.63. The van der Waals surface area contributed by atoms with E-state index in [1.54, 1.807) is 0 Å². The fourth-order valence-corrected chi connectivity index (χ4v) is 0.991. The molecule has 0 saturated carbocycles. The SMILES string of the molecule is CCCC(O)CCC(O)C(F)(F)F. The lowest BCUT2D eigenvalue weighted by Gasteiger charge is -2.16. The second-order valence-corrected chi connectivity index (χ2v) is 3.08. The first-order chi connectivity index (χ1) is 5.88. The van der Waals surface area contributed by atoms with E-state index in [1.807, 2.05) is 6.92 Å². The van der Waals surface area contributed by atoms with Crippen LogP contribution in [0.3, 0.4) is 0 Å². The smallest absolute Gasteiger partial charge is 0.393 e. The first-order valence-electron chi connectivity index (χ1n) is 4.30. The predicted molar refractivity (Wildman–Crippen MR) is 42.2 cm³/mol. The summed E-state index contributed by atoms with van der Waals surface area (Å²) in [4.78, 5) is 0. The molecule has 2 unspecified atom stereocenters. The van der Waals surface area contributed by atoms with Crippen LogP contribution in [0.5, 0.6) is 0 Å². The summed E-state index contributed by atoms with van der Waals surface area (Å²) in [6.45, 7) is 1.84. The number of hydrogen-bond acceptors (Lipinski definition) is 2. The van der Waals surface area contributed by atoms with Crippen LogP contribution in [0.1, 0.15) is 32.6 Å². The molecule has 0 aromatic carbocycles. The number of hydrogen-bond donors (Lipinski definition) is 2. The minimum atomic E-state index is -4.56. The van der Waals surface area contributed by atoms with E-state index in [2.05, 4.69) is 0 Å². The molecule has 0 radical (unpaired) electrons. The summed E-state index contributed by atoms with van der Waals surface area (Å²) in [5.74, 6) is 0. The van der Waals surface area contributed by atoms with Gasteiger partial charge in [0.1, 0.15) is 6.10 Å². The summed E-state index contributed by atoms with van der Waals surface area (Å²) in [7, 11) is 0. The van der Waals surface area contributed by atoms with Crippen molar-refractivity contribution >= 4 is 0 Å². The Bertz CT molecular complexity index is 136. The van der Waals surface area contributed by atoms with Gasteiger partial charge in [-0.05, 0) is 19.3 Å². The second-order valence-electron chi connectivity index (χ2n) is 3.08. The first kappa shape index (κ1) is 12.7. The number of aliphatic hydroxyl groups is 2. The Morgan fingerprint density at radius 2 is 1.62 bits per heavy atom. The summed E-state index contributed by atoms with van der Waals surface area (Å²) in [6, 6.07) is 0. The molecule has 0 spiro atoms. The fourth-order valence-electron chi connectivity index (χ4n) is 0.991. The van der Waals surface area contributed by atoms with Crippen molar-refractivity contribution < 1.29 is 23.4 Å². The van der Waals surface area contributed by atoms with Gasteiger partial charge in [0, 0.05) is 0 Å². The Hall–Kier alpha value is -0.290. The largest absolute Gasteiger partial charge is 0.414 e. The van der Waals surface area contributed by atoms with E-state index in [0.717, 1.165) is 6.42 Å². The van der Waals surface area contributed by atoms with Gasteiger partial charge in [0.15, 0.2) is 0 Å². The molecule has 2 atom stereocenters. The maximum Gasteiger partial charge on any atom is 0.414 e. The average Bonchev–Trinajstić information content (AvgIpc) is 1.99. The van der Waals surface area contributed by atoms with Gasteiger partial charge in [-0.1, -0.05) is 13.3 Å². The fraction of sp³-hybridized carbons (Fsp3) is 1.00. The van der Waals surface area contributed by atoms with Gasteiger partial charge in [-0.3, -0.25) is 0 Å². The molecule has 2 N–H and O–H groups in total. The second kappa shape index (κ2) is 5.44. The molecule has 0 amide bonds. The maximum atomic E-state index is 11.8. The summed E-state index contributed by atoms with van der Waals surface area (Å²) >= 11 is 0. The zero-order valence-electron chi connectivity index (χ0n) is 7.51. The van der Waals surface area contributed by atoms with E-state index in [9.17, 15) is 13.2 Å². The molecule has 0 aliphatic heterocycles. The zero-order valence-corrected chi connectivity index (χ0v) is 7.51. The lowest BCUT2D eigenvalue weighted by Crippen LogP contribution is -2.29. The quantitative estimate of drug-likeness (QED) is 0.711. The molecule has 0 aromatic rings. The Morgan fingerprint density at radius 3 is 2.00 bits per heavy atom. The monoisotopic (exact) mass is 200 g/mol. The van der Waals surface area contributed by atoms with Gasteiger partial charge in [0.05, 0.1) is 6.10 Å². The van der Waals surface area contributed by atoms with E-state index < -0.39 is 24.8 Å². The van der Waals surface area contributed by atoms with E-state index in [1.165, 1.54) is 0 Å². The number of aliphatic hydroxyl groups excluding tert-OH is 2. The topological polar surface area (TPSA) is 40.5 Å². The molecule has 0 bridgehead atoms. The third-order valence-electron chi connectivity index (χ3n) is 1.77. The molecule has 0 aromatic heterocycles. The first-order valence-corrected chi connectivity index (χ1v) is 4.30. The van der Waals surface area contributed by atoms with Crippen LogP contribution in [0.4, 0.5) is 13.2 Å². The normalized spacial score (nSPS) is 17.1. The van der Waals surface area contributed by atoms with Gasteiger partial charge in [0.2, 0.25) is 0 Å². The van der Waals surface area contributed by atoms with Crippen LogP contribution in [-0.2, 0) is 0 Å². The highest BCUT2D eigenvalue weighted by Gasteiger charge is 2.37. The van der Waals surface area contributed by atoms with E-state index in [-0.39, 0.29) is 6.42 Å². The van der Waals surface area contributed by atoms with E-state index >= 15 is 0 Å². The lowest BCUT2D eigenvalue weighted by atomic mass is 10.1. The highest BCUT2D eigenvalue weighted by molar-refractivity contribution is 4.67. The third-order valence-corrected chi connectivity index (χ3v) is 1.77. The predicted octanol–water partition coefficient (Wildman–Crippen LogP) is 1.85. The van der Waals surface area contributed by atoms with E-state index in [0.29, 0.717) is 6.42 Å². The van der Waals surface area contributed by atoms with Crippen molar-refractivity contribution in [3.63, 3.8) is 0 Å². The van der Waals surface area contributed by atoms with Crippen LogP contribution in [-0.4, -0.2) is 28.6 Å². The number of alkyl halides is 3. The molecule has 80 valence electrons. The molecule has 2 nitrogen and oxygen atoms in total. The molecule has 0 rings (SSSR count). The highest BCUT2D eigenvalue weighted by Crippen LogP contribution is 2.23. The van der Waals surface area contributed by atoms with Gasteiger partial charge in [-0.25, -0.2) is 0 Å². The van der Waals surface area contributed by atoms with Crippen molar-refractivity contribution in [1.29, 1.82) is 0 Å². The van der Waals surface area contributed by atoms with Crippen molar-refractivity contribution in [2.75, 3.05) is 0 Å². The van der Waals surface area contributed by atoms with Crippen molar-refractivity contribution in [2.45, 2.75) is 51.0 Å². The zero-order chi connectivity index (χ0) is 10.5. The van der Waals surface area contributed by atoms with Crippen molar-refractivity contribution in [3.05, 3.63) is 0 Å². The number of rotatable bonds is 5. The molecule has 13 heavy (non-hydrogen) atoms. The minimum absolute atomic E-state index is 0.00544. The Morgan fingerprint density at radius 1 is 1.08 bits per heavy atom. The van der Waals surface area contributed by atoms with E-state index in [4.69, 9.17) is 10.2 Å². The third kappa shape index (κ3) is 5.87. The standard InChI is InChI=1S/C8H15F3O2/c1-2-3-6(12)4-5-7(13)8(9,10)11/h6-7,12-13H,2-5H2,1H3. The molecular formula is C8H15F3O2. The molecular weight excluding hydrogens is 185 g/mol. The molecule has 5 heteroatoms. The maximum absolute atomic E-state index is 11.8. The van der Waals surface area contributed by atoms with Crippen LogP contribution in [0.2, 0.25) is 0 Å².